The molecule has 0 aliphatic heterocycles. The van der Waals surface area contributed by atoms with E-state index in [1.807, 2.05) is 13.8 Å². The van der Waals surface area contributed by atoms with Gasteiger partial charge in [-0.05, 0) is 27.7 Å². The number of rotatable bonds is 2. The number of hydrogen-bond donors (Lipinski definition) is 0. The zero-order chi connectivity index (χ0) is 9.02. The lowest BCUT2D eigenvalue weighted by Crippen LogP contribution is -2.33. The number of nitrogens with zero attached hydrogens (tertiary/aromatic N) is 2. The maximum Gasteiger partial charge on any atom is 0.0997 e. The van der Waals surface area contributed by atoms with Crippen LogP contribution in [0.2, 0.25) is 0 Å². The van der Waals surface area contributed by atoms with E-state index in [1.54, 1.807) is 7.05 Å². The topological polar surface area (TPSA) is 15.6 Å². The maximum absolute atomic E-state index is 4.11. The lowest BCUT2D eigenvalue weighted by atomic mass is 10.3. The highest BCUT2D eigenvalue weighted by atomic mass is 15.2. The van der Waals surface area contributed by atoms with Crippen LogP contribution in [0.4, 0.5) is 0 Å². The van der Waals surface area contributed by atoms with Crippen molar-refractivity contribution < 1.29 is 0 Å². The van der Waals surface area contributed by atoms with E-state index in [-0.39, 0.29) is 0 Å². The van der Waals surface area contributed by atoms with E-state index < -0.39 is 0 Å². The van der Waals surface area contributed by atoms with Crippen LogP contribution >= 0.6 is 0 Å². The fourth-order valence-corrected chi connectivity index (χ4v) is 1.20. The van der Waals surface area contributed by atoms with Crippen molar-refractivity contribution in [2.24, 2.45) is 4.99 Å². The minimum Gasteiger partial charge on any atom is -0.333 e. The molecule has 0 aliphatic rings. The van der Waals surface area contributed by atoms with Crippen LogP contribution in [0.3, 0.4) is 0 Å². The Morgan fingerprint density at radius 2 is 1.82 bits per heavy atom. The second-order valence-electron chi connectivity index (χ2n) is 2.97. The minimum absolute atomic E-state index is 0.441. The van der Waals surface area contributed by atoms with Gasteiger partial charge in [-0.15, -0.1) is 0 Å². The van der Waals surface area contributed by atoms with Gasteiger partial charge in [-0.3, -0.25) is 4.99 Å². The van der Waals surface area contributed by atoms with Crippen molar-refractivity contribution in [3.8, 4) is 0 Å². The van der Waals surface area contributed by atoms with Crippen LogP contribution < -0.4 is 0 Å². The Bertz CT molecular complexity index is 168. The average Bonchev–Trinajstić information content (AvgIpc) is 1.85. The molecular formula is C9H18N2. The van der Waals surface area contributed by atoms with Gasteiger partial charge in [-0.1, -0.05) is 6.58 Å². The molecule has 0 atom stereocenters. The van der Waals surface area contributed by atoms with Crippen molar-refractivity contribution in [3.05, 3.63) is 12.3 Å². The second kappa shape index (κ2) is 4.16. The first-order valence-electron chi connectivity index (χ1n) is 3.88. The normalized spacial score (nSPS) is 12.0. The fraction of sp³-hybridized carbons (Fsp3) is 0.667. The minimum atomic E-state index is 0.441. The third-order valence-electron chi connectivity index (χ3n) is 1.60. The Labute approximate surface area is 69.6 Å². The molecule has 0 aliphatic carbocycles. The molecule has 0 spiro atoms. The summed E-state index contributed by atoms with van der Waals surface area (Å²) < 4.78 is 0. The molecule has 0 saturated heterocycles. The van der Waals surface area contributed by atoms with E-state index in [4.69, 9.17) is 0 Å². The Balaban J connectivity index is 4.48. The van der Waals surface area contributed by atoms with E-state index in [2.05, 4.69) is 30.3 Å². The van der Waals surface area contributed by atoms with Gasteiger partial charge in [0.15, 0.2) is 0 Å². The summed E-state index contributed by atoms with van der Waals surface area (Å²) in [6, 6.07) is 0.441. The van der Waals surface area contributed by atoms with Crippen LogP contribution in [0, 0.1) is 0 Å². The van der Waals surface area contributed by atoms with Gasteiger partial charge in [-0.25, -0.2) is 0 Å². The van der Waals surface area contributed by atoms with Gasteiger partial charge in [0.05, 0.1) is 5.84 Å². The van der Waals surface area contributed by atoms with Gasteiger partial charge in [0, 0.05) is 18.8 Å². The molecule has 0 radical (unpaired) electrons. The molecule has 0 aromatic heterocycles. The van der Waals surface area contributed by atoms with E-state index in [0.29, 0.717) is 6.04 Å². The van der Waals surface area contributed by atoms with Gasteiger partial charge in [-0.2, -0.15) is 0 Å². The highest BCUT2D eigenvalue weighted by Crippen LogP contribution is 2.07. The van der Waals surface area contributed by atoms with Crippen molar-refractivity contribution in [2.75, 3.05) is 7.05 Å². The predicted octanol–water partition coefficient (Wildman–Crippen LogP) is 2.28. The molecule has 0 heterocycles. The molecule has 0 bridgehead atoms. The van der Waals surface area contributed by atoms with Crippen LogP contribution in [-0.4, -0.2) is 23.8 Å². The van der Waals surface area contributed by atoms with E-state index in [1.165, 1.54) is 0 Å². The predicted molar refractivity (Wildman–Crippen MR) is 50.8 cm³/mol. The standard InChI is InChI=1S/C9H18N2/c1-7(2)11(8(3)4)9(5)10-6/h8H,1H2,2-6H3/b10-9-. The molecule has 0 rings (SSSR count). The number of allylic oxidation sites excluding steroid dienone is 1. The molecule has 0 aromatic rings. The summed E-state index contributed by atoms with van der Waals surface area (Å²) in [5, 5.41) is 0. The van der Waals surface area contributed by atoms with E-state index in [9.17, 15) is 0 Å². The van der Waals surface area contributed by atoms with Crippen molar-refractivity contribution in [1.29, 1.82) is 0 Å². The summed E-state index contributed by atoms with van der Waals surface area (Å²) in [7, 11) is 1.80. The van der Waals surface area contributed by atoms with Crippen LogP contribution in [0.1, 0.15) is 27.7 Å². The average molecular weight is 154 g/mol. The second-order valence-corrected chi connectivity index (χ2v) is 2.97. The number of aliphatic imine (C=N–C) groups is 1. The summed E-state index contributed by atoms with van der Waals surface area (Å²) in [5.41, 5.74) is 1.04. The molecule has 64 valence electrons. The molecular weight excluding hydrogens is 136 g/mol. The van der Waals surface area contributed by atoms with Gasteiger partial charge < -0.3 is 4.90 Å². The third-order valence-corrected chi connectivity index (χ3v) is 1.60. The van der Waals surface area contributed by atoms with Crippen molar-refractivity contribution in [2.45, 2.75) is 33.7 Å². The quantitative estimate of drug-likeness (QED) is 0.440. The van der Waals surface area contributed by atoms with Crippen LogP contribution in [-0.2, 0) is 0 Å². The smallest absolute Gasteiger partial charge is 0.0997 e. The Hall–Kier alpha value is -0.790. The zero-order valence-corrected chi connectivity index (χ0v) is 8.18. The van der Waals surface area contributed by atoms with Crippen LogP contribution in [0.5, 0.6) is 0 Å². The molecule has 0 saturated carbocycles. The molecule has 0 aromatic carbocycles. The van der Waals surface area contributed by atoms with Gasteiger partial charge in [0.25, 0.3) is 0 Å². The van der Waals surface area contributed by atoms with Crippen molar-refractivity contribution in [1.82, 2.24) is 4.90 Å². The Morgan fingerprint density at radius 3 is 1.91 bits per heavy atom. The first kappa shape index (κ1) is 10.2. The van der Waals surface area contributed by atoms with Gasteiger partial charge in [0.1, 0.15) is 0 Å². The Kier molecular flexibility index (Phi) is 3.86. The molecule has 0 fully saturated rings. The molecule has 2 nitrogen and oxygen atoms in total. The summed E-state index contributed by atoms with van der Waals surface area (Å²) >= 11 is 0. The SMILES string of the molecule is C=C(C)N(/C(C)=N\C)C(C)C. The van der Waals surface area contributed by atoms with Crippen LogP contribution in [0.15, 0.2) is 17.3 Å². The number of hydrogen-bond acceptors (Lipinski definition) is 1. The summed E-state index contributed by atoms with van der Waals surface area (Å²) in [6.07, 6.45) is 0. The van der Waals surface area contributed by atoms with Gasteiger partial charge >= 0.3 is 0 Å². The highest BCUT2D eigenvalue weighted by Gasteiger charge is 2.09. The first-order valence-corrected chi connectivity index (χ1v) is 3.88. The van der Waals surface area contributed by atoms with Crippen LogP contribution in [0.25, 0.3) is 0 Å². The fourth-order valence-electron chi connectivity index (χ4n) is 1.20. The molecule has 11 heavy (non-hydrogen) atoms. The zero-order valence-electron chi connectivity index (χ0n) is 8.18. The Morgan fingerprint density at radius 1 is 1.36 bits per heavy atom. The number of amidine groups is 1. The monoisotopic (exact) mass is 154 g/mol. The van der Waals surface area contributed by atoms with Gasteiger partial charge in [0.2, 0.25) is 0 Å². The molecule has 2 heteroatoms. The lowest BCUT2D eigenvalue weighted by molar-refractivity contribution is 0.425. The van der Waals surface area contributed by atoms with E-state index >= 15 is 0 Å². The summed E-state index contributed by atoms with van der Waals surface area (Å²) in [6.45, 7) is 12.1. The molecule has 0 amide bonds. The van der Waals surface area contributed by atoms with Crippen molar-refractivity contribution in [3.63, 3.8) is 0 Å². The lowest BCUT2D eigenvalue weighted by Gasteiger charge is -2.28. The third kappa shape index (κ3) is 2.74. The summed E-state index contributed by atoms with van der Waals surface area (Å²) in [5.74, 6) is 1.02. The van der Waals surface area contributed by atoms with Crippen molar-refractivity contribution >= 4 is 5.84 Å². The first-order chi connectivity index (χ1) is 5.00. The largest absolute Gasteiger partial charge is 0.333 e. The molecule has 0 N–H and O–H groups in total. The maximum atomic E-state index is 4.11. The summed E-state index contributed by atoms with van der Waals surface area (Å²) in [4.78, 5) is 6.22. The highest BCUT2D eigenvalue weighted by molar-refractivity contribution is 5.81. The molecule has 0 unspecified atom stereocenters. The van der Waals surface area contributed by atoms with E-state index in [0.717, 1.165) is 11.5 Å².